The summed E-state index contributed by atoms with van der Waals surface area (Å²) in [6.07, 6.45) is 0.451. The van der Waals surface area contributed by atoms with Crippen molar-refractivity contribution in [3.8, 4) is 11.3 Å². The standard InChI is InChI=1S/C17H16N4O4S/c1-2-24-17(23)16-20-19-14(26-16)8-9-18-15(22)12-10-13(25-21-12)11-6-4-3-5-7-11/h3-7,10H,2,8-9H2,1H3,(H,18,22). The summed E-state index contributed by atoms with van der Waals surface area (Å²) < 4.78 is 10.1. The number of amides is 1. The fraction of sp³-hybridized carbons (Fsp3) is 0.235. The molecule has 3 rings (SSSR count). The van der Waals surface area contributed by atoms with Gasteiger partial charge in [-0.3, -0.25) is 4.79 Å². The molecule has 0 aliphatic rings. The number of aromatic nitrogens is 3. The smallest absolute Gasteiger partial charge is 0.369 e. The van der Waals surface area contributed by atoms with Crippen LogP contribution in [0.2, 0.25) is 0 Å². The van der Waals surface area contributed by atoms with Gasteiger partial charge in [-0.15, -0.1) is 10.2 Å². The molecule has 1 aromatic carbocycles. The minimum absolute atomic E-state index is 0.202. The van der Waals surface area contributed by atoms with Crippen LogP contribution >= 0.6 is 11.3 Å². The molecule has 2 heterocycles. The lowest BCUT2D eigenvalue weighted by molar-refractivity contribution is 0.0525. The first-order chi connectivity index (χ1) is 12.7. The van der Waals surface area contributed by atoms with E-state index < -0.39 is 5.97 Å². The second kappa shape index (κ2) is 8.34. The number of carbonyl (C=O) groups excluding carboxylic acids is 2. The zero-order chi connectivity index (χ0) is 18.4. The van der Waals surface area contributed by atoms with Gasteiger partial charge in [-0.1, -0.05) is 46.8 Å². The van der Waals surface area contributed by atoms with E-state index in [0.717, 1.165) is 16.9 Å². The first kappa shape index (κ1) is 17.7. The molecule has 0 fully saturated rings. The average Bonchev–Trinajstić information content (AvgIpc) is 3.32. The summed E-state index contributed by atoms with van der Waals surface area (Å²) >= 11 is 1.15. The Labute approximate surface area is 153 Å². The lowest BCUT2D eigenvalue weighted by atomic mass is 10.1. The normalized spacial score (nSPS) is 10.5. The van der Waals surface area contributed by atoms with Crippen molar-refractivity contribution >= 4 is 23.2 Å². The number of nitrogens with zero attached hydrogens (tertiary/aromatic N) is 3. The Morgan fingerprint density at radius 3 is 2.81 bits per heavy atom. The zero-order valence-electron chi connectivity index (χ0n) is 14.0. The van der Waals surface area contributed by atoms with E-state index in [9.17, 15) is 9.59 Å². The maximum Gasteiger partial charge on any atom is 0.369 e. The van der Waals surface area contributed by atoms with Crippen LogP contribution in [0.15, 0.2) is 40.9 Å². The molecule has 26 heavy (non-hydrogen) atoms. The van der Waals surface area contributed by atoms with Crippen LogP contribution < -0.4 is 5.32 Å². The number of rotatable bonds is 7. The number of benzene rings is 1. The Kier molecular flexibility index (Phi) is 5.69. The van der Waals surface area contributed by atoms with Crippen molar-refractivity contribution in [3.63, 3.8) is 0 Å². The summed E-state index contributed by atoms with van der Waals surface area (Å²) in [7, 11) is 0. The maximum absolute atomic E-state index is 12.1. The van der Waals surface area contributed by atoms with Gasteiger partial charge in [0.05, 0.1) is 6.61 Å². The summed E-state index contributed by atoms with van der Waals surface area (Å²) in [5, 5.41) is 15.1. The molecule has 8 nitrogen and oxygen atoms in total. The third-order valence-electron chi connectivity index (χ3n) is 3.34. The second-order valence-corrected chi connectivity index (χ2v) is 6.23. The Morgan fingerprint density at radius 2 is 2.04 bits per heavy atom. The van der Waals surface area contributed by atoms with Crippen LogP contribution in [0.1, 0.15) is 32.2 Å². The van der Waals surface area contributed by atoms with Gasteiger partial charge in [-0.05, 0) is 6.92 Å². The molecule has 134 valence electrons. The summed E-state index contributed by atoms with van der Waals surface area (Å²) in [5.74, 6) is -0.304. The van der Waals surface area contributed by atoms with E-state index >= 15 is 0 Å². The van der Waals surface area contributed by atoms with Crippen LogP contribution in [0.25, 0.3) is 11.3 Å². The highest BCUT2D eigenvalue weighted by atomic mass is 32.1. The largest absolute Gasteiger partial charge is 0.461 e. The van der Waals surface area contributed by atoms with Gasteiger partial charge in [0.1, 0.15) is 5.01 Å². The summed E-state index contributed by atoms with van der Waals surface area (Å²) in [5.41, 5.74) is 1.05. The van der Waals surface area contributed by atoms with Gasteiger partial charge < -0.3 is 14.6 Å². The molecule has 0 saturated heterocycles. The topological polar surface area (TPSA) is 107 Å². The number of hydrogen-bond donors (Lipinski definition) is 1. The van der Waals surface area contributed by atoms with E-state index in [-0.39, 0.29) is 23.2 Å². The van der Waals surface area contributed by atoms with Gasteiger partial charge >= 0.3 is 5.97 Å². The van der Waals surface area contributed by atoms with Crippen LogP contribution in [0.5, 0.6) is 0 Å². The highest BCUT2D eigenvalue weighted by Gasteiger charge is 2.15. The van der Waals surface area contributed by atoms with Crippen LogP contribution in [0, 0.1) is 0 Å². The predicted octanol–water partition coefficient (Wildman–Crippen LogP) is 2.34. The number of hydrogen-bond acceptors (Lipinski definition) is 8. The van der Waals surface area contributed by atoms with Crippen molar-refractivity contribution in [2.45, 2.75) is 13.3 Å². The minimum atomic E-state index is -0.490. The molecule has 0 spiro atoms. The van der Waals surface area contributed by atoms with E-state index in [2.05, 4.69) is 20.7 Å². The number of esters is 1. The van der Waals surface area contributed by atoms with Crippen molar-refractivity contribution in [3.05, 3.63) is 52.1 Å². The van der Waals surface area contributed by atoms with Crippen LogP contribution in [0.4, 0.5) is 0 Å². The quantitative estimate of drug-likeness (QED) is 0.634. The SMILES string of the molecule is CCOC(=O)c1nnc(CCNC(=O)c2cc(-c3ccccc3)on2)s1. The summed E-state index contributed by atoms with van der Waals surface area (Å²) in [4.78, 5) is 23.7. The molecule has 0 saturated carbocycles. The van der Waals surface area contributed by atoms with Crippen LogP contribution in [-0.4, -0.2) is 40.4 Å². The molecule has 0 aliphatic carbocycles. The molecular weight excluding hydrogens is 356 g/mol. The summed E-state index contributed by atoms with van der Waals surface area (Å²) in [6.45, 7) is 2.35. The fourth-order valence-corrected chi connectivity index (χ4v) is 2.86. The van der Waals surface area contributed by atoms with E-state index in [1.54, 1.807) is 13.0 Å². The van der Waals surface area contributed by atoms with Gasteiger partial charge in [0, 0.05) is 24.6 Å². The molecule has 0 unspecified atom stereocenters. The molecule has 3 aromatic rings. The summed E-state index contributed by atoms with van der Waals surface area (Å²) in [6, 6.07) is 11.0. The Balaban J connectivity index is 1.52. The number of ether oxygens (including phenoxy) is 1. The van der Waals surface area contributed by atoms with Crippen molar-refractivity contribution in [2.24, 2.45) is 0 Å². The van der Waals surface area contributed by atoms with Crippen LogP contribution in [-0.2, 0) is 11.2 Å². The van der Waals surface area contributed by atoms with Gasteiger partial charge in [-0.2, -0.15) is 0 Å². The molecular formula is C17H16N4O4S. The van der Waals surface area contributed by atoms with E-state index in [1.165, 1.54) is 0 Å². The maximum atomic E-state index is 12.1. The van der Waals surface area contributed by atoms with Gasteiger partial charge in [0.25, 0.3) is 5.91 Å². The minimum Gasteiger partial charge on any atom is -0.461 e. The average molecular weight is 372 g/mol. The molecule has 0 radical (unpaired) electrons. The first-order valence-electron chi connectivity index (χ1n) is 7.97. The van der Waals surface area contributed by atoms with Gasteiger partial charge in [0.15, 0.2) is 11.5 Å². The predicted molar refractivity (Wildman–Crippen MR) is 93.8 cm³/mol. The van der Waals surface area contributed by atoms with Crippen LogP contribution in [0.3, 0.4) is 0 Å². The molecule has 9 heteroatoms. The highest BCUT2D eigenvalue weighted by molar-refractivity contribution is 7.13. The first-order valence-corrected chi connectivity index (χ1v) is 8.79. The van der Waals surface area contributed by atoms with Gasteiger partial charge in [-0.25, -0.2) is 4.79 Å². The van der Waals surface area contributed by atoms with Crippen molar-refractivity contribution in [1.29, 1.82) is 0 Å². The highest BCUT2D eigenvalue weighted by Crippen LogP contribution is 2.19. The monoisotopic (exact) mass is 372 g/mol. The van der Waals surface area contributed by atoms with E-state index in [4.69, 9.17) is 9.26 Å². The Morgan fingerprint density at radius 1 is 1.23 bits per heavy atom. The third-order valence-corrected chi connectivity index (χ3v) is 4.31. The number of carbonyl (C=O) groups is 2. The molecule has 0 atom stereocenters. The van der Waals surface area contributed by atoms with E-state index in [1.807, 2.05) is 30.3 Å². The molecule has 1 N–H and O–H groups in total. The van der Waals surface area contributed by atoms with Crippen molar-refractivity contribution < 1.29 is 18.8 Å². The molecule has 1 amide bonds. The second-order valence-electron chi connectivity index (χ2n) is 5.17. The molecule has 0 bridgehead atoms. The van der Waals surface area contributed by atoms with Crippen molar-refractivity contribution in [1.82, 2.24) is 20.7 Å². The zero-order valence-corrected chi connectivity index (χ0v) is 14.8. The van der Waals surface area contributed by atoms with E-state index in [0.29, 0.717) is 23.7 Å². The molecule has 2 aromatic heterocycles. The lowest BCUT2D eigenvalue weighted by Gasteiger charge is -1.99. The fourth-order valence-electron chi connectivity index (χ4n) is 2.12. The lowest BCUT2D eigenvalue weighted by Crippen LogP contribution is -2.25. The number of nitrogens with one attached hydrogen (secondary N) is 1. The third kappa shape index (κ3) is 4.31. The Hall–Kier alpha value is -3.07. The Bertz CT molecular complexity index is 891. The molecule has 0 aliphatic heterocycles. The van der Waals surface area contributed by atoms with Crippen molar-refractivity contribution in [2.75, 3.05) is 13.2 Å². The van der Waals surface area contributed by atoms with Gasteiger partial charge in [0.2, 0.25) is 5.01 Å².